The first kappa shape index (κ1) is 14.6. The number of hydrogen-bond donors (Lipinski definition) is 2. The van der Waals surface area contributed by atoms with E-state index >= 15 is 0 Å². The number of benzene rings is 1. The molecule has 0 bridgehead atoms. The van der Waals surface area contributed by atoms with E-state index in [2.05, 4.69) is 10.3 Å². The molecule has 20 heavy (non-hydrogen) atoms. The number of nitrogen functional groups attached to an aromatic ring is 1. The average Bonchev–Trinajstić information content (AvgIpc) is 2.82. The molecule has 1 aromatic carbocycles. The van der Waals surface area contributed by atoms with E-state index in [1.54, 1.807) is 24.3 Å². The predicted octanol–water partition coefficient (Wildman–Crippen LogP) is 3.09. The highest BCUT2D eigenvalue weighted by Gasteiger charge is 2.17. The zero-order chi connectivity index (χ0) is 14.7. The van der Waals surface area contributed by atoms with Crippen molar-refractivity contribution in [2.45, 2.75) is 6.92 Å². The third-order valence-electron chi connectivity index (χ3n) is 2.75. The number of nitrogens with zero attached hydrogens (tertiary/aromatic N) is 2. The van der Waals surface area contributed by atoms with Crippen molar-refractivity contribution >= 4 is 45.5 Å². The summed E-state index contributed by atoms with van der Waals surface area (Å²) in [5.74, 6) is -0.0187. The highest BCUT2D eigenvalue weighted by atomic mass is 35.5. The molecule has 0 aliphatic heterocycles. The largest absolute Gasteiger partial charge is 0.382 e. The van der Waals surface area contributed by atoms with Gasteiger partial charge in [0, 0.05) is 24.3 Å². The third-order valence-corrected chi connectivity index (χ3v) is 4.19. The zero-order valence-electron chi connectivity index (χ0n) is 11.2. The SMILES string of the molecule is CCN(C)c1nc(N)c(C(=O)Nc2ccc(Cl)cc2)s1. The fourth-order valence-corrected chi connectivity index (χ4v) is 2.53. The lowest BCUT2D eigenvalue weighted by Crippen LogP contribution is -2.15. The van der Waals surface area contributed by atoms with Crippen LogP contribution in [-0.2, 0) is 0 Å². The molecule has 7 heteroatoms. The van der Waals surface area contributed by atoms with Crippen LogP contribution in [0.25, 0.3) is 0 Å². The van der Waals surface area contributed by atoms with Crippen molar-refractivity contribution in [3.8, 4) is 0 Å². The molecule has 1 amide bonds. The molecule has 1 aromatic heterocycles. The number of hydrogen-bond acceptors (Lipinski definition) is 5. The maximum atomic E-state index is 12.2. The molecule has 5 nitrogen and oxygen atoms in total. The molecule has 0 saturated carbocycles. The van der Waals surface area contributed by atoms with Crippen LogP contribution in [0.4, 0.5) is 16.6 Å². The number of carbonyl (C=O) groups excluding carboxylic acids is 1. The molecular weight excluding hydrogens is 296 g/mol. The lowest BCUT2D eigenvalue weighted by atomic mass is 10.3. The van der Waals surface area contributed by atoms with Crippen molar-refractivity contribution in [1.29, 1.82) is 0 Å². The number of nitrogens with two attached hydrogens (primary N) is 1. The van der Waals surface area contributed by atoms with Gasteiger partial charge in [0.25, 0.3) is 5.91 Å². The van der Waals surface area contributed by atoms with Crippen LogP contribution < -0.4 is 16.0 Å². The van der Waals surface area contributed by atoms with E-state index < -0.39 is 0 Å². The van der Waals surface area contributed by atoms with Crippen molar-refractivity contribution in [3.05, 3.63) is 34.2 Å². The maximum Gasteiger partial charge on any atom is 0.269 e. The minimum atomic E-state index is -0.266. The van der Waals surface area contributed by atoms with Crippen molar-refractivity contribution in [2.75, 3.05) is 29.5 Å². The Balaban J connectivity index is 2.17. The van der Waals surface area contributed by atoms with Gasteiger partial charge in [0.1, 0.15) is 10.7 Å². The van der Waals surface area contributed by atoms with Gasteiger partial charge in [-0.2, -0.15) is 0 Å². The van der Waals surface area contributed by atoms with E-state index in [9.17, 15) is 4.79 Å². The molecule has 0 saturated heterocycles. The fraction of sp³-hybridized carbons (Fsp3) is 0.231. The summed E-state index contributed by atoms with van der Waals surface area (Å²) in [5.41, 5.74) is 6.47. The van der Waals surface area contributed by atoms with Gasteiger partial charge in [-0.1, -0.05) is 22.9 Å². The van der Waals surface area contributed by atoms with E-state index in [1.165, 1.54) is 11.3 Å². The molecule has 106 valence electrons. The summed E-state index contributed by atoms with van der Waals surface area (Å²) in [7, 11) is 1.90. The van der Waals surface area contributed by atoms with E-state index in [0.29, 0.717) is 15.6 Å². The van der Waals surface area contributed by atoms with Crippen LogP contribution in [0.3, 0.4) is 0 Å². The van der Waals surface area contributed by atoms with Gasteiger partial charge in [-0.05, 0) is 31.2 Å². The standard InChI is InChI=1S/C13H15ClN4OS/c1-3-18(2)13-17-11(15)10(20-13)12(19)16-9-6-4-8(14)5-7-9/h4-7H,3,15H2,1-2H3,(H,16,19). The summed E-state index contributed by atoms with van der Waals surface area (Å²) in [6, 6.07) is 6.89. The Hall–Kier alpha value is -1.79. The molecule has 0 radical (unpaired) electrons. The number of rotatable bonds is 4. The number of nitrogens with one attached hydrogen (secondary N) is 1. The Morgan fingerprint density at radius 2 is 2.10 bits per heavy atom. The van der Waals surface area contributed by atoms with Crippen LogP contribution in [0.1, 0.15) is 16.6 Å². The monoisotopic (exact) mass is 310 g/mol. The maximum absolute atomic E-state index is 12.2. The second-order valence-electron chi connectivity index (χ2n) is 4.19. The highest BCUT2D eigenvalue weighted by molar-refractivity contribution is 7.18. The lowest BCUT2D eigenvalue weighted by Gasteiger charge is -2.10. The van der Waals surface area contributed by atoms with Gasteiger partial charge in [0.15, 0.2) is 5.13 Å². The molecule has 1 heterocycles. The molecule has 0 unspecified atom stereocenters. The second-order valence-corrected chi connectivity index (χ2v) is 5.60. The Labute approximate surface area is 126 Å². The van der Waals surface area contributed by atoms with E-state index in [1.807, 2.05) is 18.9 Å². The molecule has 2 aromatic rings. The van der Waals surface area contributed by atoms with Crippen molar-refractivity contribution in [2.24, 2.45) is 0 Å². The summed E-state index contributed by atoms with van der Waals surface area (Å²) in [4.78, 5) is 18.7. The number of halogens is 1. The molecule has 2 rings (SSSR count). The van der Waals surface area contributed by atoms with Gasteiger partial charge in [0.2, 0.25) is 0 Å². The van der Waals surface area contributed by atoms with Crippen molar-refractivity contribution in [1.82, 2.24) is 4.98 Å². The van der Waals surface area contributed by atoms with E-state index in [0.717, 1.165) is 11.7 Å². The van der Waals surface area contributed by atoms with E-state index in [4.69, 9.17) is 17.3 Å². The number of carbonyl (C=O) groups is 1. The minimum Gasteiger partial charge on any atom is -0.382 e. The van der Waals surface area contributed by atoms with Gasteiger partial charge in [-0.15, -0.1) is 0 Å². The predicted molar refractivity (Wildman–Crippen MR) is 84.9 cm³/mol. The Bertz CT molecular complexity index is 611. The Kier molecular flexibility index (Phi) is 4.46. The summed E-state index contributed by atoms with van der Waals surface area (Å²) in [5, 5.41) is 4.12. The first-order valence-electron chi connectivity index (χ1n) is 6.05. The lowest BCUT2D eigenvalue weighted by molar-refractivity contribution is 0.103. The van der Waals surface area contributed by atoms with Crippen LogP contribution in [0.5, 0.6) is 0 Å². The van der Waals surface area contributed by atoms with Crippen LogP contribution in [0, 0.1) is 0 Å². The smallest absolute Gasteiger partial charge is 0.269 e. The molecule has 0 fully saturated rings. The van der Waals surface area contributed by atoms with Gasteiger partial charge < -0.3 is 16.0 Å². The topological polar surface area (TPSA) is 71.2 Å². The first-order chi connectivity index (χ1) is 9.51. The normalized spacial score (nSPS) is 10.3. The van der Waals surface area contributed by atoms with E-state index in [-0.39, 0.29) is 11.7 Å². The Morgan fingerprint density at radius 3 is 2.70 bits per heavy atom. The zero-order valence-corrected chi connectivity index (χ0v) is 12.8. The third kappa shape index (κ3) is 3.20. The summed E-state index contributed by atoms with van der Waals surface area (Å²) in [6.45, 7) is 2.80. The summed E-state index contributed by atoms with van der Waals surface area (Å²) in [6.07, 6.45) is 0. The van der Waals surface area contributed by atoms with Crippen LogP contribution in [0.2, 0.25) is 5.02 Å². The quantitative estimate of drug-likeness (QED) is 0.910. The van der Waals surface area contributed by atoms with Crippen LogP contribution in [-0.4, -0.2) is 24.5 Å². The number of thiazole rings is 1. The fourth-order valence-electron chi connectivity index (χ4n) is 1.50. The van der Waals surface area contributed by atoms with Gasteiger partial charge in [-0.3, -0.25) is 4.79 Å². The van der Waals surface area contributed by atoms with Gasteiger partial charge in [-0.25, -0.2) is 4.98 Å². The molecular formula is C13H15ClN4OS. The molecule has 0 spiro atoms. The Morgan fingerprint density at radius 1 is 1.45 bits per heavy atom. The highest BCUT2D eigenvalue weighted by Crippen LogP contribution is 2.28. The average molecular weight is 311 g/mol. The molecule has 0 aliphatic rings. The first-order valence-corrected chi connectivity index (χ1v) is 7.25. The van der Waals surface area contributed by atoms with Gasteiger partial charge in [0.05, 0.1) is 0 Å². The number of amides is 1. The molecule has 0 atom stereocenters. The number of anilines is 3. The second kappa shape index (κ2) is 6.11. The van der Waals surface area contributed by atoms with Crippen molar-refractivity contribution < 1.29 is 4.79 Å². The molecule has 3 N–H and O–H groups in total. The number of aromatic nitrogens is 1. The molecule has 0 aliphatic carbocycles. The van der Waals surface area contributed by atoms with Gasteiger partial charge >= 0.3 is 0 Å². The van der Waals surface area contributed by atoms with Crippen molar-refractivity contribution in [3.63, 3.8) is 0 Å². The summed E-state index contributed by atoms with van der Waals surface area (Å²) < 4.78 is 0. The minimum absolute atomic E-state index is 0.247. The van der Waals surface area contributed by atoms with Crippen LogP contribution >= 0.6 is 22.9 Å². The summed E-state index contributed by atoms with van der Waals surface area (Å²) >= 11 is 7.07. The van der Waals surface area contributed by atoms with Crippen LogP contribution in [0.15, 0.2) is 24.3 Å².